The predicted octanol–water partition coefficient (Wildman–Crippen LogP) is 1.19. The minimum atomic E-state index is -0.653. The van der Waals surface area contributed by atoms with E-state index in [1.54, 1.807) is 25.2 Å². The van der Waals surface area contributed by atoms with Crippen LogP contribution in [0.5, 0.6) is 0 Å². The van der Waals surface area contributed by atoms with E-state index in [1.165, 1.54) is 4.90 Å². The monoisotopic (exact) mass is 327 g/mol. The summed E-state index contributed by atoms with van der Waals surface area (Å²) < 4.78 is 1.95. The second-order valence-electron chi connectivity index (χ2n) is 6.70. The van der Waals surface area contributed by atoms with Gasteiger partial charge in [-0.2, -0.15) is 5.10 Å². The summed E-state index contributed by atoms with van der Waals surface area (Å²) in [7, 11) is 3.31. The van der Waals surface area contributed by atoms with Crippen molar-refractivity contribution >= 4 is 17.5 Å². The van der Waals surface area contributed by atoms with Crippen LogP contribution in [0.15, 0.2) is 30.5 Å². The second-order valence-corrected chi connectivity index (χ2v) is 6.70. The van der Waals surface area contributed by atoms with Crippen molar-refractivity contribution in [1.82, 2.24) is 24.3 Å². The molecule has 0 saturated carbocycles. The van der Waals surface area contributed by atoms with Crippen LogP contribution in [0.1, 0.15) is 18.5 Å². The Morgan fingerprint density at radius 2 is 1.88 bits per heavy atom. The number of likely N-dealkylation sites (tertiary alicyclic amines) is 1. The topological polar surface area (TPSA) is 61.2 Å². The van der Waals surface area contributed by atoms with Crippen LogP contribution in [0.4, 0.5) is 4.79 Å². The largest absolute Gasteiger partial charge is 0.327 e. The lowest BCUT2D eigenvalue weighted by Crippen LogP contribution is -2.55. The number of aromatic nitrogens is 2. The fraction of sp³-hybridized carbons (Fsp3) is 0.471. The highest BCUT2D eigenvalue weighted by Gasteiger charge is 2.55. The van der Waals surface area contributed by atoms with Gasteiger partial charge in [-0.15, -0.1) is 0 Å². The molecule has 3 amide bonds. The van der Waals surface area contributed by atoms with Crippen molar-refractivity contribution in [2.45, 2.75) is 24.9 Å². The first kappa shape index (κ1) is 15.1. The zero-order chi connectivity index (χ0) is 16.9. The van der Waals surface area contributed by atoms with Crippen LogP contribution in [-0.2, 0) is 11.3 Å². The molecule has 2 aromatic rings. The Labute approximate surface area is 140 Å². The number of carbonyl (C=O) groups is 2. The molecule has 2 aliphatic rings. The van der Waals surface area contributed by atoms with Crippen LogP contribution in [-0.4, -0.2) is 69.0 Å². The number of imide groups is 1. The quantitative estimate of drug-likeness (QED) is 0.778. The summed E-state index contributed by atoms with van der Waals surface area (Å²) in [5.74, 6) is -0.0659. The molecule has 7 heteroatoms. The molecule has 24 heavy (non-hydrogen) atoms. The van der Waals surface area contributed by atoms with Gasteiger partial charge in [0.2, 0.25) is 0 Å². The molecule has 2 fully saturated rings. The zero-order valence-electron chi connectivity index (χ0n) is 14.0. The van der Waals surface area contributed by atoms with Crippen molar-refractivity contribution in [3.63, 3.8) is 0 Å². The average molecular weight is 327 g/mol. The molecular formula is C17H21N5O2. The summed E-state index contributed by atoms with van der Waals surface area (Å²) in [4.78, 5) is 29.8. The van der Waals surface area contributed by atoms with Crippen LogP contribution in [0.2, 0.25) is 0 Å². The maximum absolute atomic E-state index is 12.5. The Bertz CT molecular complexity index is 806. The van der Waals surface area contributed by atoms with E-state index in [2.05, 4.69) is 16.1 Å². The molecule has 0 atom stereocenters. The van der Waals surface area contributed by atoms with Crippen molar-refractivity contribution in [3.8, 4) is 0 Å². The van der Waals surface area contributed by atoms with Gasteiger partial charge in [0.25, 0.3) is 5.91 Å². The Hall–Kier alpha value is -2.41. The van der Waals surface area contributed by atoms with Crippen LogP contribution in [0.3, 0.4) is 0 Å². The lowest BCUT2D eigenvalue weighted by Gasteiger charge is -2.40. The van der Waals surface area contributed by atoms with E-state index in [9.17, 15) is 9.59 Å². The van der Waals surface area contributed by atoms with Crippen molar-refractivity contribution in [1.29, 1.82) is 0 Å². The van der Waals surface area contributed by atoms with Crippen molar-refractivity contribution in [3.05, 3.63) is 36.2 Å². The summed E-state index contributed by atoms with van der Waals surface area (Å²) >= 11 is 0. The summed E-state index contributed by atoms with van der Waals surface area (Å²) in [6.45, 7) is 2.36. The second kappa shape index (κ2) is 5.31. The number of fused-ring (bicyclic) bond motifs is 1. The lowest BCUT2D eigenvalue weighted by atomic mass is 9.86. The number of likely N-dealkylation sites (N-methyl/N-ethyl adjacent to an activating group) is 2. The molecule has 1 spiro atoms. The number of pyridine rings is 1. The SMILES string of the molecule is CN1C(=O)N(C)C2(CCN(Cc3cccc4ccnn34)CC2)C1=O. The fourth-order valence-electron chi connectivity index (χ4n) is 3.94. The third-order valence-corrected chi connectivity index (χ3v) is 5.49. The van der Waals surface area contributed by atoms with Gasteiger partial charge in [-0.25, -0.2) is 9.31 Å². The number of carbonyl (C=O) groups excluding carboxylic acids is 2. The number of piperidine rings is 1. The normalized spacial score (nSPS) is 21.4. The van der Waals surface area contributed by atoms with E-state index in [0.717, 1.165) is 30.8 Å². The van der Waals surface area contributed by atoms with Crippen LogP contribution in [0, 0.1) is 0 Å². The summed E-state index contributed by atoms with van der Waals surface area (Å²) in [5, 5.41) is 4.38. The third kappa shape index (κ3) is 2.04. The fourth-order valence-corrected chi connectivity index (χ4v) is 3.94. The Kier molecular flexibility index (Phi) is 3.35. The van der Waals surface area contributed by atoms with Crippen molar-refractivity contribution < 1.29 is 9.59 Å². The van der Waals surface area contributed by atoms with Crippen LogP contribution in [0.25, 0.3) is 5.52 Å². The number of hydrogen-bond acceptors (Lipinski definition) is 4. The molecular weight excluding hydrogens is 306 g/mol. The highest BCUT2D eigenvalue weighted by Crippen LogP contribution is 2.35. The molecule has 2 aliphatic heterocycles. The van der Waals surface area contributed by atoms with Gasteiger partial charge in [0.15, 0.2) is 0 Å². The van der Waals surface area contributed by atoms with Crippen molar-refractivity contribution in [2.24, 2.45) is 0 Å². The molecule has 4 rings (SSSR count). The van der Waals surface area contributed by atoms with Gasteiger partial charge in [0, 0.05) is 39.9 Å². The molecule has 0 N–H and O–H groups in total. The van der Waals surface area contributed by atoms with E-state index in [1.807, 2.05) is 22.7 Å². The number of nitrogens with zero attached hydrogens (tertiary/aromatic N) is 5. The van der Waals surface area contributed by atoms with Gasteiger partial charge in [0.1, 0.15) is 5.54 Å². The molecule has 2 saturated heterocycles. The highest BCUT2D eigenvalue weighted by molar-refractivity contribution is 6.06. The number of hydrogen-bond donors (Lipinski definition) is 0. The number of amides is 3. The van der Waals surface area contributed by atoms with E-state index in [4.69, 9.17) is 0 Å². The van der Waals surface area contributed by atoms with Gasteiger partial charge >= 0.3 is 6.03 Å². The maximum atomic E-state index is 12.5. The summed E-state index contributed by atoms with van der Waals surface area (Å²) in [6, 6.07) is 7.95. The molecule has 126 valence electrons. The van der Waals surface area contributed by atoms with Gasteiger partial charge in [-0.3, -0.25) is 14.6 Å². The van der Waals surface area contributed by atoms with Gasteiger partial charge in [-0.1, -0.05) is 6.07 Å². The van der Waals surface area contributed by atoms with Gasteiger partial charge < -0.3 is 4.90 Å². The van der Waals surface area contributed by atoms with Gasteiger partial charge in [-0.05, 0) is 31.0 Å². The Morgan fingerprint density at radius 1 is 1.12 bits per heavy atom. The molecule has 0 aromatic carbocycles. The first-order chi connectivity index (χ1) is 11.5. The van der Waals surface area contributed by atoms with Crippen molar-refractivity contribution in [2.75, 3.05) is 27.2 Å². The molecule has 7 nitrogen and oxygen atoms in total. The Morgan fingerprint density at radius 3 is 2.54 bits per heavy atom. The number of urea groups is 1. The van der Waals surface area contributed by atoms with E-state index < -0.39 is 5.54 Å². The van der Waals surface area contributed by atoms with Crippen LogP contribution < -0.4 is 0 Å². The Balaban J connectivity index is 1.50. The molecule has 0 bridgehead atoms. The van der Waals surface area contributed by atoms with Gasteiger partial charge in [0.05, 0.1) is 11.2 Å². The molecule has 2 aromatic heterocycles. The maximum Gasteiger partial charge on any atom is 0.327 e. The molecule has 0 aliphatic carbocycles. The van der Waals surface area contributed by atoms with Crippen LogP contribution >= 0.6 is 0 Å². The average Bonchev–Trinajstić information content (AvgIpc) is 3.14. The first-order valence-electron chi connectivity index (χ1n) is 8.23. The first-order valence-corrected chi connectivity index (χ1v) is 8.23. The minimum absolute atomic E-state index is 0.0659. The summed E-state index contributed by atoms with van der Waals surface area (Å²) in [5.41, 5.74) is 1.56. The highest BCUT2D eigenvalue weighted by atomic mass is 16.2. The predicted molar refractivity (Wildman–Crippen MR) is 88.4 cm³/mol. The molecule has 0 radical (unpaired) electrons. The smallest absolute Gasteiger partial charge is 0.312 e. The van der Waals surface area contributed by atoms with E-state index >= 15 is 0 Å². The minimum Gasteiger partial charge on any atom is -0.312 e. The number of rotatable bonds is 2. The third-order valence-electron chi connectivity index (χ3n) is 5.49. The zero-order valence-corrected chi connectivity index (χ0v) is 14.0. The lowest BCUT2D eigenvalue weighted by molar-refractivity contribution is -0.134. The standard InChI is InChI=1S/C17H21N5O2/c1-19-15(23)17(20(2)16(19)24)7-10-21(11-8-17)12-14-5-3-4-13-6-9-18-22(13)14/h3-6,9H,7-8,10-12H2,1-2H3. The summed E-state index contributed by atoms with van der Waals surface area (Å²) in [6.07, 6.45) is 3.15. The van der Waals surface area contributed by atoms with E-state index in [0.29, 0.717) is 12.8 Å². The molecule has 4 heterocycles. The molecule has 0 unspecified atom stereocenters. The van der Waals surface area contributed by atoms with E-state index in [-0.39, 0.29) is 11.9 Å².